The zero-order valence-electron chi connectivity index (χ0n) is 12.6. The Kier molecular flexibility index (Phi) is 4.90. The summed E-state index contributed by atoms with van der Waals surface area (Å²) in [4.78, 5) is 26.5. The summed E-state index contributed by atoms with van der Waals surface area (Å²) < 4.78 is 34.9. The van der Waals surface area contributed by atoms with E-state index in [0.29, 0.717) is 10.2 Å². The highest BCUT2D eigenvalue weighted by Crippen LogP contribution is 2.20. The van der Waals surface area contributed by atoms with Crippen molar-refractivity contribution >= 4 is 29.3 Å². The maximum Gasteiger partial charge on any atom is 0.387 e. The standard InChI is InChI=1S/C17H11F2NO4S/c18-17(19)24-12-5-2-1-4-10(12)8-14-16(22)20-15(25-14)9-11(21)13-6-3-7-23-13/h1-9,17H,(H,20,22)/b14-8-,15-9-. The molecule has 0 aliphatic heterocycles. The molecule has 0 aliphatic rings. The molecule has 128 valence electrons. The van der Waals surface area contributed by atoms with Crippen LogP contribution in [0.15, 0.2) is 51.9 Å². The predicted molar refractivity (Wildman–Crippen MR) is 88.3 cm³/mol. The monoisotopic (exact) mass is 363 g/mol. The lowest BCUT2D eigenvalue weighted by Crippen LogP contribution is -2.20. The molecular weight excluding hydrogens is 352 g/mol. The van der Waals surface area contributed by atoms with Gasteiger partial charge in [0, 0.05) is 11.6 Å². The first-order valence-corrected chi connectivity index (χ1v) is 7.89. The molecule has 3 rings (SSSR count). The Morgan fingerprint density at radius 1 is 1.24 bits per heavy atom. The van der Waals surface area contributed by atoms with Gasteiger partial charge in [0.2, 0.25) is 5.78 Å². The van der Waals surface area contributed by atoms with E-state index < -0.39 is 18.0 Å². The van der Waals surface area contributed by atoms with Gasteiger partial charge in [0.25, 0.3) is 5.56 Å². The second kappa shape index (κ2) is 7.27. The Morgan fingerprint density at radius 3 is 2.76 bits per heavy atom. The van der Waals surface area contributed by atoms with Crippen LogP contribution in [0.25, 0.3) is 12.2 Å². The predicted octanol–water partition coefficient (Wildman–Crippen LogP) is 2.12. The second-order valence-corrected chi connectivity index (χ2v) is 5.92. The third kappa shape index (κ3) is 4.10. The van der Waals surface area contributed by atoms with Crippen LogP contribution in [-0.2, 0) is 0 Å². The Balaban J connectivity index is 2.00. The normalized spacial score (nSPS) is 12.8. The molecular formula is C17H11F2NO4S. The average Bonchev–Trinajstić information content (AvgIpc) is 3.19. The van der Waals surface area contributed by atoms with Crippen molar-refractivity contribution in [3.63, 3.8) is 0 Å². The second-order valence-electron chi connectivity index (χ2n) is 4.83. The zero-order valence-corrected chi connectivity index (χ0v) is 13.4. The molecule has 0 spiro atoms. The van der Waals surface area contributed by atoms with Crippen LogP contribution in [0.2, 0.25) is 0 Å². The molecule has 5 nitrogen and oxygen atoms in total. The lowest BCUT2D eigenvalue weighted by molar-refractivity contribution is -0.0499. The van der Waals surface area contributed by atoms with Gasteiger partial charge in [-0.1, -0.05) is 18.2 Å². The molecule has 0 saturated carbocycles. The number of ketones is 1. The Labute approximate surface area is 143 Å². The van der Waals surface area contributed by atoms with Crippen molar-refractivity contribution < 1.29 is 22.7 Å². The van der Waals surface area contributed by atoms with E-state index in [4.69, 9.17) is 4.42 Å². The summed E-state index contributed by atoms with van der Waals surface area (Å²) in [5.74, 6) is -0.284. The molecule has 1 aromatic carbocycles. The van der Waals surface area contributed by atoms with Gasteiger partial charge in [-0.25, -0.2) is 0 Å². The van der Waals surface area contributed by atoms with Gasteiger partial charge in [0.1, 0.15) is 5.75 Å². The van der Waals surface area contributed by atoms with E-state index in [-0.39, 0.29) is 16.0 Å². The average molecular weight is 363 g/mol. The van der Waals surface area contributed by atoms with Crippen LogP contribution in [0.1, 0.15) is 16.1 Å². The minimum atomic E-state index is -2.97. The van der Waals surface area contributed by atoms with Crippen LogP contribution >= 0.6 is 11.3 Å². The molecule has 0 saturated heterocycles. The molecule has 0 radical (unpaired) electrons. The molecule has 0 amide bonds. The fraction of sp³-hybridized carbons (Fsp3) is 0.0588. The number of aromatic amines is 1. The molecule has 8 heteroatoms. The van der Waals surface area contributed by atoms with E-state index in [1.54, 1.807) is 24.3 Å². The highest BCUT2D eigenvalue weighted by atomic mass is 32.1. The molecule has 0 atom stereocenters. The summed E-state index contributed by atoms with van der Waals surface area (Å²) in [5.41, 5.74) is -0.102. The van der Waals surface area contributed by atoms with Crippen molar-refractivity contribution in [3.05, 3.63) is 73.5 Å². The number of hydrogen-bond donors (Lipinski definition) is 1. The molecule has 3 aromatic rings. The number of H-pyrrole nitrogens is 1. The number of rotatable bonds is 5. The van der Waals surface area contributed by atoms with E-state index >= 15 is 0 Å². The number of para-hydroxylation sites is 1. The number of benzene rings is 1. The smallest absolute Gasteiger partial charge is 0.387 e. The molecule has 0 unspecified atom stereocenters. The minimum Gasteiger partial charge on any atom is -0.461 e. The fourth-order valence-electron chi connectivity index (χ4n) is 2.08. The third-order valence-electron chi connectivity index (χ3n) is 3.13. The van der Waals surface area contributed by atoms with Crippen LogP contribution in [0.5, 0.6) is 5.75 Å². The van der Waals surface area contributed by atoms with Gasteiger partial charge in [-0.3, -0.25) is 9.59 Å². The van der Waals surface area contributed by atoms with Crippen molar-refractivity contribution in [1.82, 2.24) is 4.98 Å². The first-order valence-electron chi connectivity index (χ1n) is 7.07. The van der Waals surface area contributed by atoms with Crippen molar-refractivity contribution in [3.8, 4) is 5.75 Å². The summed E-state index contributed by atoms with van der Waals surface area (Å²) >= 11 is 1.02. The Bertz CT molecular complexity index is 1050. The van der Waals surface area contributed by atoms with Crippen LogP contribution in [0, 0.1) is 0 Å². The van der Waals surface area contributed by atoms with E-state index in [0.717, 1.165) is 11.3 Å². The number of carbonyl (C=O) groups is 1. The SMILES string of the molecule is O=C(/C=c1/[nH]c(=O)/c(=C/c2ccccc2OC(F)F)s1)c1ccco1. The summed E-state index contributed by atoms with van der Waals surface area (Å²) in [6.45, 7) is -2.97. The first-order chi connectivity index (χ1) is 12.0. The molecule has 0 aliphatic carbocycles. The van der Waals surface area contributed by atoms with Crippen molar-refractivity contribution in [2.75, 3.05) is 0 Å². The summed E-state index contributed by atoms with van der Waals surface area (Å²) in [7, 11) is 0. The van der Waals surface area contributed by atoms with Gasteiger partial charge in [-0.15, -0.1) is 11.3 Å². The summed E-state index contributed by atoms with van der Waals surface area (Å²) in [6, 6.07) is 9.21. The van der Waals surface area contributed by atoms with Crippen LogP contribution in [0.3, 0.4) is 0 Å². The van der Waals surface area contributed by atoms with Crippen LogP contribution < -0.4 is 19.5 Å². The number of hydrogen-bond acceptors (Lipinski definition) is 5. The van der Waals surface area contributed by atoms with Gasteiger partial charge < -0.3 is 14.1 Å². The van der Waals surface area contributed by atoms with E-state index in [1.165, 1.54) is 30.5 Å². The minimum absolute atomic E-state index is 0.0394. The molecule has 0 bridgehead atoms. The Hall–Kier alpha value is -3.00. The number of alkyl halides is 2. The van der Waals surface area contributed by atoms with Gasteiger partial charge in [-0.05, 0) is 24.3 Å². The number of ether oxygens (including phenoxy) is 1. The van der Waals surface area contributed by atoms with Crippen molar-refractivity contribution in [2.45, 2.75) is 6.61 Å². The van der Waals surface area contributed by atoms with Crippen molar-refractivity contribution in [2.24, 2.45) is 0 Å². The quantitative estimate of drug-likeness (QED) is 0.705. The Morgan fingerprint density at radius 2 is 2.04 bits per heavy atom. The van der Waals surface area contributed by atoms with Gasteiger partial charge in [0.05, 0.1) is 15.5 Å². The van der Waals surface area contributed by atoms with Gasteiger partial charge in [0.15, 0.2) is 5.76 Å². The van der Waals surface area contributed by atoms with E-state index in [1.807, 2.05) is 0 Å². The first kappa shape index (κ1) is 16.8. The van der Waals surface area contributed by atoms with Gasteiger partial charge >= 0.3 is 6.61 Å². The number of aromatic nitrogens is 1. The van der Waals surface area contributed by atoms with E-state index in [2.05, 4.69) is 9.72 Å². The summed E-state index contributed by atoms with van der Waals surface area (Å²) in [6.07, 6.45) is 4.04. The number of Topliss-reactive ketones (excluding diaryl/α,β-unsaturated/α-hetero) is 1. The summed E-state index contributed by atoms with van der Waals surface area (Å²) in [5, 5.41) is 0. The van der Waals surface area contributed by atoms with Gasteiger partial charge in [-0.2, -0.15) is 8.78 Å². The third-order valence-corrected chi connectivity index (χ3v) is 4.09. The largest absolute Gasteiger partial charge is 0.461 e. The lowest BCUT2D eigenvalue weighted by atomic mass is 10.2. The van der Waals surface area contributed by atoms with E-state index in [9.17, 15) is 18.4 Å². The number of furan rings is 1. The molecule has 2 heterocycles. The number of nitrogens with one attached hydrogen (secondary N) is 1. The highest BCUT2D eigenvalue weighted by molar-refractivity contribution is 7.07. The van der Waals surface area contributed by atoms with Crippen LogP contribution in [-0.4, -0.2) is 17.4 Å². The fourth-order valence-corrected chi connectivity index (χ4v) is 2.95. The maximum atomic E-state index is 12.4. The molecule has 1 N–H and O–H groups in total. The number of halogens is 2. The number of carbonyl (C=O) groups excluding carboxylic acids is 1. The molecule has 0 fully saturated rings. The zero-order chi connectivity index (χ0) is 17.8. The van der Waals surface area contributed by atoms with Crippen LogP contribution in [0.4, 0.5) is 8.78 Å². The highest BCUT2D eigenvalue weighted by Gasteiger charge is 2.09. The topological polar surface area (TPSA) is 72.3 Å². The molecule has 2 aromatic heterocycles. The number of thiazole rings is 1. The van der Waals surface area contributed by atoms with Crippen molar-refractivity contribution in [1.29, 1.82) is 0 Å². The lowest BCUT2D eigenvalue weighted by Gasteiger charge is -2.06. The molecule has 25 heavy (non-hydrogen) atoms. The maximum absolute atomic E-state index is 12.4.